The molecular formula is C21H24N4O2S. The molecule has 1 aliphatic rings. The lowest BCUT2D eigenvalue weighted by Gasteiger charge is -2.32. The molecule has 0 bridgehead atoms. The smallest absolute Gasteiger partial charge is 0.227 e. The van der Waals surface area contributed by atoms with E-state index in [0.717, 1.165) is 53.4 Å². The van der Waals surface area contributed by atoms with E-state index in [1.165, 1.54) is 10.4 Å². The topological polar surface area (TPSA) is 67.3 Å². The highest BCUT2D eigenvalue weighted by Crippen LogP contribution is 2.35. The maximum absolute atomic E-state index is 12.7. The van der Waals surface area contributed by atoms with Crippen molar-refractivity contribution in [1.82, 2.24) is 9.97 Å². The Labute approximate surface area is 168 Å². The van der Waals surface area contributed by atoms with E-state index in [-0.39, 0.29) is 11.8 Å². The van der Waals surface area contributed by atoms with Crippen LogP contribution in [0.4, 0.5) is 11.5 Å². The quantitative estimate of drug-likeness (QED) is 0.717. The lowest BCUT2D eigenvalue weighted by Crippen LogP contribution is -2.38. The van der Waals surface area contributed by atoms with Gasteiger partial charge in [-0.3, -0.25) is 4.79 Å². The zero-order valence-electron chi connectivity index (χ0n) is 16.4. The molecule has 146 valence electrons. The van der Waals surface area contributed by atoms with Crippen molar-refractivity contribution >= 4 is 39.0 Å². The Kier molecular flexibility index (Phi) is 5.17. The van der Waals surface area contributed by atoms with Gasteiger partial charge >= 0.3 is 0 Å². The molecule has 7 heteroatoms. The third-order valence-corrected chi connectivity index (χ3v) is 6.58. The Bertz CT molecular complexity index is 992. The van der Waals surface area contributed by atoms with Crippen LogP contribution in [0.1, 0.15) is 23.3 Å². The van der Waals surface area contributed by atoms with Gasteiger partial charge in [0.05, 0.1) is 12.5 Å². The molecule has 0 spiro atoms. The number of aryl methyl sites for hydroxylation is 2. The number of rotatable bonds is 4. The summed E-state index contributed by atoms with van der Waals surface area (Å²) < 4.78 is 5.16. The lowest BCUT2D eigenvalue weighted by molar-refractivity contribution is -0.120. The number of fused-ring (bicyclic) bond motifs is 1. The fourth-order valence-corrected chi connectivity index (χ4v) is 4.67. The summed E-state index contributed by atoms with van der Waals surface area (Å²) in [6, 6.07) is 7.43. The van der Waals surface area contributed by atoms with Gasteiger partial charge in [0.25, 0.3) is 0 Å². The maximum atomic E-state index is 12.7. The van der Waals surface area contributed by atoms with E-state index in [9.17, 15) is 4.79 Å². The second-order valence-corrected chi connectivity index (χ2v) is 8.34. The molecule has 6 nitrogen and oxygen atoms in total. The van der Waals surface area contributed by atoms with Gasteiger partial charge in [0.15, 0.2) is 0 Å². The molecule has 1 aromatic carbocycles. The SMILES string of the molecule is COc1ccc(NC(=O)C2CCN(c3ncnc4sc(C)c(C)c34)CC2)cc1. The van der Waals surface area contributed by atoms with Crippen molar-refractivity contribution in [3.05, 3.63) is 41.0 Å². The molecular weight excluding hydrogens is 372 g/mol. The van der Waals surface area contributed by atoms with Crippen molar-refractivity contribution in [2.24, 2.45) is 5.92 Å². The number of ether oxygens (including phenoxy) is 1. The maximum Gasteiger partial charge on any atom is 0.227 e. The van der Waals surface area contributed by atoms with Gasteiger partial charge in [-0.15, -0.1) is 11.3 Å². The predicted molar refractivity (Wildman–Crippen MR) is 113 cm³/mol. The zero-order chi connectivity index (χ0) is 19.7. The Morgan fingerprint density at radius 3 is 2.57 bits per heavy atom. The first kappa shape index (κ1) is 18.7. The minimum atomic E-state index is 0.0148. The van der Waals surface area contributed by atoms with Crippen molar-refractivity contribution in [3.63, 3.8) is 0 Å². The van der Waals surface area contributed by atoms with Gasteiger partial charge in [-0.25, -0.2) is 9.97 Å². The van der Waals surface area contributed by atoms with E-state index in [0.29, 0.717) is 0 Å². The van der Waals surface area contributed by atoms with Crippen LogP contribution in [0, 0.1) is 19.8 Å². The van der Waals surface area contributed by atoms with Gasteiger partial charge in [-0.05, 0) is 56.5 Å². The van der Waals surface area contributed by atoms with Crippen molar-refractivity contribution < 1.29 is 9.53 Å². The number of aromatic nitrogens is 2. The fraction of sp³-hybridized carbons (Fsp3) is 0.381. The van der Waals surface area contributed by atoms with Crippen LogP contribution >= 0.6 is 11.3 Å². The van der Waals surface area contributed by atoms with Gasteiger partial charge < -0.3 is 15.0 Å². The third-order valence-electron chi connectivity index (χ3n) is 5.47. The van der Waals surface area contributed by atoms with E-state index >= 15 is 0 Å². The van der Waals surface area contributed by atoms with Crippen LogP contribution in [0.2, 0.25) is 0 Å². The van der Waals surface area contributed by atoms with Crippen molar-refractivity contribution in [2.75, 3.05) is 30.4 Å². The fourth-order valence-electron chi connectivity index (χ4n) is 3.68. The molecule has 1 N–H and O–H groups in total. The molecule has 3 heterocycles. The Balaban J connectivity index is 1.42. The number of methoxy groups -OCH3 is 1. The van der Waals surface area contributed by atoms with Crippen molar-refractivity contribution in [3.8, 4) is 5.75 Å². The predicted octanol–water partition coefficient (Wildman–Crippen LogP) is 4.17. The first-order chi connectivity index (χ1) is 13.6. The first-order valence-electron chi connectivity index (χ1n) is 9.47. The molecule has 4 rings (SSSR count). The number of carbonyl (C=O) groups is 1. The summed E-state index contributed by atoms with van der Waals surface area (Å²) in [6.45, 7) is 5.90. The van der Waals surface area contributed by atoms with Crippen LogP contribution in [0.25, 0.3) is 10.2 Å². The number of piperidine rings is 1. The molecule has 3 aromatic rings. The van der Waals surface area contributed by atoms with Crippen LogP contribution in [-0.4, -0.2) is 36.1 Å². The molecule has 0 atom stereocenters. The number of benzene rings is 1. The van der Waals surface area contributed by atoms with Gasteiger partial charge in [-0.1, -0.05) is 0 Å². The van der Waals surface area contributed by atoms with Crippen molar-refractivity contribution in [2.45, 2.75) is 26.7 Å². The normalized spacial score (nSPS) is 15.0. The molecule has 0 unspecified atom stereocenters. The van der Waals surface area contributed by atoms with E-state index in [1.807, 2.05) is 24.3 Å². The second-order valence-electron chi connectivity index (χ2n) is 7.14. The molecule has 1 amide bonds. The number of nitrogens with one attached hydrogen (secondary N) is 1. The summed E-state index contributed by atoms with van der Waals surface area (Å²) in [6.07, 6.45) is 3.28. The summed E-state index contributed by atoms with van der Waals surface area (Å²) in [7, 11) is 1.63. The molecule has 1 aliphatic heterocycles. The number of carbonyl (C=O) groups excluding carboxylic acids is 1. The average Bonchev–Trinajstić information content (AvgIpc) is 3.02. The first-order valence-corrected chi connectivity index (χ1v) is 10.3. The Morgan fingerprint density at radius 1 is 1.18 bits per heavy atom. The number of nitrogens with zero attached hydrogens (tertiary/aromatic N) is 3. The number of hydrogen-bond acceptors (Lipinski definition) is 6. The molecule has 2 aromatic heterocycles. The van der Waals surface area contributed by atoms with Crippen molar-refractivity contribution in [1.29, 1.82) is 0 Å². The van der Waals surface area contributed by atoms with Gasteiger partial charge in [0.2, 0.25) is 5.91 Å². The zero-order valence-corrected chi connectivity index (χ0v) is 17.2. The largest absolute Gasteiger partial charge is 0.497 e. The van der Waals surface area contributed by atoms with E-state index in [1.54, 1.807) is 24.8 Å². The minimum absolute atomic E-state index is 0.0148. The van der Waals surface area contributed by atoms with Crippen LogP contribution < -0.4 is 15.0 Å². The van der Waals surface area contributed by atoms with Gasteiger partial charge in [-0.2, -0.15) is 0 Å². The molecule has 1 fully saturated rings. The summed E-state index contributed by atoms with van der Waals surface area (Å²) in [5.74, 6) is 1.88. The monoisotopic (exact) mass is 396 g/mol. The summed E-state index contributed by atoms with van der Waals surface area (Å²) in [5.41, 5.74) is 2.06. The average molecular weight is 397 g/mol. The van der Waals surface area contributed by atoms with E-state index < -0.39 is 0 Å². The summed E-state index contributed by atoms with van der Waals surface area (Å²) >= 11 is 1.72. The highest BCUT2D eigenvalue weighted by atomic mass is 32.1. The molecule has 1 saturated heterocycles. The van der Waals surface area contributed by atoms with E-state index in [4.69, 9.17) is 4.74 Å². The second kappa shape index (κ2) is 7.75. The van der Waals surface area contributed by atoms with Gasteiger partial charge in [0.1, 0.15) is 22.7 Å². The highest BCUT2D eigenvalue weighted by Gasteiger charge is 2.27. The van der Waals surface area contributed by atoms with Crippen LogP contribution in [0.3, 0.4) is 0 Å². The highest BCUT2D eigenvalue weighted by molar-refractivity contribution is 7.18. The minimum Gasteiger partial charge on any atom is -0.497 e. The van der Waals surface area contributed by atoms with Crippen LogP contribution in [0.15, 0.2) is 30.6 Å². The molecule has 0 aliphatic carbocycles. The number of thiophene rings is 1. The number of amides is 1. The lowest BCUT2D eigenvalue weighted by atomic mass is 9.95. The van der Waals surface area contributed by atoms with Crippen LogP contribution in [-0.2, 0) is 4.79 Å². The van der Waals surface area contributed by atoms with Crippen LogP contribution in [0.5, 0.6) is 5.75 Å². The summed E-state index contributed by atoms with van der Waals surface area (Å²) in [4.78, 5) is 26.3. The standard InChI is InChI=1S/C21H24N4O2S/c1-13-14(2)28-21-18(13)19(22-12-23-21)25-10-8-15(9-11-25)20(26)24-16-4-6-17(27-3)7-5-16/h4-7,12,15H,8-11H2,1-3H3,(H,24,26). The third kappa shape index (κ3) is 3.54. The molecule has 28 heavy (non-hydrogen) atoms. The molecule has 0 radical (unpaired) electrons. The number of anilines is 2. The Hall–Kier alpha value is -2.67. The number of hydrogen-bond donors (Lipinski definition) is 1. The van der Waals surface area contributed by atoms with E-state index in [2.05, 4.69) is 34.0 Å². The van der Waals surface area contributed by atoms with Gasteiger partial charge in [0, 0.05) is 29.6 Å². The Morgan fingerprint density at radius 2 is 1.89 bits per heavy atom. The summed E-state index contributed by atoms with van der Waals surface area (Å²) in [5, 5.41) is 4.18. The molecule has 0 saturated carbocycles.